The second-order valence-electron chi connectivity index (χ2n) is 8.64. The zero-order chi connectivity index (χ0) is 23.1. The van der Waals surface area contributed by atoms with Gasteiger partial charge in [-0.1, -0.05) is 37.6 Å². The van der Waals surface area contributed by atoms with Gasteiger partial charge in [0.2, 0.25) is 5.91 Å². The van der Waals surface area contributed by atoms with E-state index in [4.69, 9.17) is 21.3 Å². The van der Waals surface area contributed by atoms with Crippen LogP contribution in [-0.4, -0.2) is 28.6 Å². The highest BCUT2D eigenvalue weighted by Gasteiger charge is 2.11. The molecule has 0 unspecified atom stereocenters. The van der Waals surface area contributed by atoms with Gasteiger partial charge in [0.05, 0.1) is 17.6 Å². The fourth-order valence-electron chi connectivity index (χ4n) is 3.78. The van der Waals surface area contributed by atoms with Crippen molar-refractivity contribution in [3.05, 3.63) is 58.4 Å². The standard InChI is InChI=1S/C26H34ClN3O2/c1-18(2)26(31)28-13-9-12-24-29-22-10-5-6-11-23(22)30(24)14-7-8-15-32-21-16-19(3)25(27)20(4)17-21/h5-6,10-11,16-18H,7-9,12-15H2,1-4H3,(H,28,31). The van der Waals surface area contributed by atoms with E-state index in [2.05, 4.69) is 28.1 Å². The number of nitrogens with zero attached hydrogens (tertiary/aromatic N) is 2. The van der Waals surface area contributed by atoms with E-state index in [9.17, 15) is 4.79 Å². The molecule has 1 N–H and O–H groups in total. The molecule has 1 aromatic heterocycles. The van der Waals surface area contributed by atoms with Gasteiger partial charge in [0, 0.05) is 30.5 Å². The maximum Gasteiger partial charge on any atom is 0.222 e. The number of hydrogen-bond acceptors (Lipinski definition) is 3. The Morgan fingerprint density at radius 1 is 1.12 bits per heavy atom. The van der Waals surface area contributed by atoms with Gasteiger partial charge in [0.15, 0.2) is 0 Å². The monoisotopic (exact) mass is 455 g/mol. The van der Waals surface area contributed by atoms with E-state index in [0.29, 0.717) is 13.2 Å². The number of carbonyl (C=O) groups excluding carboxylic acids is 1. The minimum atomic E-state index is 0.0162. The third-order valence-corrected chi connectivity index (χ3v) is 6.19. The van der Waals surface area contributed by atoms with Gasteiger partial charge in [0.25, 0.3) is 0 Å². The van der Waals surface area contributed by atoms with Crippen molar-refractivity contribution in [2.75, 3.05) is 13.2 Å². The van der Waals surface area contributed by atoms with Crippen LogP contribution in [0.15, 0.2) is 36.4 Å². The molecule has 0 aliphatic heterocycles. The van der Waals surface area contributed by atoms with Gasteiger partial charge < -0.3 is 14.6 Å². The molecule has 32 heavy (non-hydrogen) atoms. The van der Waals surface area contributed by atoms with Crippen molar-refractivity contribution in [2.45, 2.75) is 59.9 Å². The summed E-state index contributed by atoms with van der Waals surface area (Å²) in [5.41, 5.74) is 4.28. The van der Waals surface area contributed by atoms with E-state index in [1.54, 1.807) is 0 Å². The van der Waals surface area contributed by atoms with Crippen molar-refractivity contribution in [2.24, 2.45) is 5.92 Å². The molecule has 0 saturated carbocycles. The van der Waals surface area contributed by atoms with Crippen LogP contribution in [0.25, 0.3) is 11.0 Å². The zero-order valence-corrected chi connectivity index (χ0v) is 20.3. The molecule has 1 amide bonds. The Labute approximate surface area is 196 Å². The first kappa shape index (κ1) is 24.1. The van der Waals surface area contributed by atoms with Gasteiger partial charge in [-0.05, 0) is 68.5 Å². The predicted octanol–water partition coefficient (Wildman–Crippen LogP) is 5.87. The Morgan fingerprint density at radius 3 is 2.56 bits per heavy atom. The highest BCUT2D eigenvalue weighted by Crippen LogP contribution is 2.26. The number of amides is 1. The number of para-hydroxylation sites is 2. The van der Waals surface area contributed by atoms with Gasteiger partial charge in [-0.3, -0.25) is 4.79 Å². The van der Waals surface area contributed by atoms with Crippen molar-refractivity contribution in [3.8, 4) is 5.75 Å². The maximum atomic E-state index is 11.8. The number of aryl methyl sites for hydroxylation is 4. The Hall–Kier alpha value is -2.53. The molecule has 6 heteroatoms. The van der Waals surface area contributed by atoms with Gasteiger partial charge in [-0.25, -0.2) is 4.98 Å². The first-order valence-electron chi connectivity index (χ1n) is 11.5. The molecular weight excluding hydrogens is 422 g/mol. The number of unbranched alkanes of at least 4 members (excludes halogenated alkanes) is 1. The molecule has 0 bridgehead atoms. The maximum absolute atomic E-state index is 11.8. The molecule has 2 aromatic carbocycles. The fourth-order valence-corrected chi connectivity index (χ4v) is 3.89. The van der Waals surface area contributed by atoms with Gasteiger partial charge in [-0.15, -0.1) is 0 Å². The van der Waals surface area contributed by atoms with Crippen molar-refractivity contribution in [1.82, 2.24) is 14.9 Å². The first-order valence-corrected chi connectivity index (χ1v) is 11.9. The molecule has 1 heterocycles. The van der Waals surface area contributed by atoms with Gasteiger partial charge in [0.1, 0.15) is 11.6 Å². The van der Waals surface area contributed by atoms with Crippen molar-refractivity contribution in [3.63, 3.8) is 0 Å². The molecule has 0 saturated heterocycles. The summed E-state index contributed by atoms with van der Waals surface area (Å²) in [6.07, 6.45) is 3.67. The summed E-state index contributed by atoms with van der Waals surface area (Å²) in [6.45, 7) is 10.1. The molecule has 172 valence electrons. The van der Waals surface area contributed by atoms with Gasteiger partial charge >= 0.3 is 0 Å². The normalized spacial score (nSPS) is 11.3. The van der Waals surface area contributed by atoms with Crippen LogP contribution in [0.3, 0.4) is 0 Å². The van der Waals surface area contributed by atoms with Crippen molar-refractivity contribution in [1.29, 1.82) is 0 Å². The third-order valence-electron chi connectivity index (χ3n) is 5.59. The first-order chi connectivity index (χ1) is 15.4. The molecule has 5 nitrogen and oxygen atoms in total. The van der Waals surface area contributed by atoms with Crippen LogP contribution < -0.4 is 10.1 Å². The smallest absolute Gasteiger partial charge is 0.222 e. The number of nitrogens with one attached hydrogen (secondary N) is 1. The summed E-state index contributed by atoms with van der Waals surface area (Å²) >= 11 is 6.24. The molecule has 3 aromatic rings. The fraction of sp³-hybridized carbons (Fsp3) is 0.462. The van der Waals surface area contributed by atoms with E-state index in [1.165, 1.54) is 5.52 Å². The molecule has 0 spiro atoms. The lowest BCUT2D eigenvalue weighted by Crippen LogP contribution is -2.28. The quantitative estimate of drug-likeness (QED) is 0.368. The highest BCUT2D eigenvalue weighted by molar-refractivity contribution is 6.32. The number of halogens is 1. The molecule has 0 aliphatic rings. The summed E-state index contributed by atoms with van der Waals surface area (Å²) < 4.78 is 8.27. The minimum absolute atomic E-state index is 0.0162. The SMILES string of the molecule is Cc1cc(OCCCCn2c(CCCNC(=O)C(C)C)nc3ccccc32)cc(C)c1Cl. The number of hydrogen-bond donors (Lipinski definition) is 1. The van der Waals surface area contributed by atoms with Crippen LogP contribution in [-0.2, 0) is 17.8 Å². The number of rotatable bonds is 11. The Kier molecular flexibility index (Phi) is 8.57. The average molecular weight is 456 g/mol. The van der Waals surface area contributed by atoms with Crippen LogP contribution in [0.2, 0.25) is 5.02 Å². The number of ether oxygens (including phenoxy) is 1. The summed E-state index contributed by atoms with van der Waals surface area (Å²) in [7, 11) is 0. The molecular formula is C26H34ClN3O2. The molecule has 0 atom stereocenters. The summed E-state index contributed by atoms with van der Waals surface area (Å²) in [6, 6.07) is 12.3. The number of fused-ring (bicyclic) bond motifs is 1. The van der Waals surface area contributed by atoms with E-state index in [0.717, 1.165) is 65.5 Å². The average Bonchev–Trinajstić information content (AvgIpc) is 3.12. The Bertz CT molecular complexity index is 1040. The lowest BCUT2D eigenvalue weighted by Gasteiger charge is -2.12. The summed E-state index contributed by atoms with van der Waals surface area (Å²) in [5, 5.41) is 3.80. The highest BCUT2D eigenvalue weighted by atomic mass is 35.5. The molecule has 0 aliphatic carbocycles. The minimum Gasteiger partial charge on any atom is -0.494 e. The van der Waals surface area contributed by atoms with Crippen LogP contribution in [0, 0.1) is 19.8 Å². The zero-order valence-electron chi connectivity index (χ0n) is 19.6. The third kappa shape index (κ3) is 6.26. The number of aromatic nitrogens is 2. The lowest BCUT2D eigenvalue weighted by atomic mass is 10.1. The van der Waals surface area contributed by atoms with Crippen LogP contribution in [0.1, 0.15) is 50.1 Å². The molecule has 3 rings (SSSR count). The van der Waals surface area contributed by atoms with Crippen LogP contribution >= 0.6 is 11.6 Å². The number of imidazole rings is 1. The summed E-state index contributed by atoms with van der Waals surface area (Å²) in [4.78, 5) is 16.6. The predicted molar refractivity (Wildman–Crippen MR) is 132 cm³/mol. The van der Waals surface area contributed by atoms with Crippen LogP contribution in [0.5, 0.6) is 5.75 Å². The Morgan fingerprint density at radius 2 is 1.84 bits per heavy atom. The van der Waals surface area contributed by atoms with Crippen molar-refractivity contribution < 1.29 is 9.53 Å². The summed E-state index contributed by atoms with van der Waals surface area (Å²) in [5.74, 6) is 2.07. The van der Waals surface area contributed by atoms with Gasteiger partial charge in [-0.2, -0.15) is 0 Å². The lowest BCUT2D eigenvalue weighted by molar-refractivity contribution is -0.123. The van der Waals surface area contributed by atoms with E-state index < -0.39 is 0 Å². The largest absolute Gasteiger partial charge is 0.494 e. The molecule has 0 fully saturated rings. The van der Waals surface area contributed by atoms with E-state index in [-0.39, 0.29) is 11.8 Å². The second kappa shape index (κ2) is 11.4. The molecule has 0 radical (unpaired) electrons. The number of carbonyl (C=O) groups is 1. The Balaban J connectivity index is 1.54. The number of benzene rings is 2. The van der Waals surface area contributed by atoms with E-state index >= 15 is 0 Å². The second-order valence-corrected chi connectivity index (χ2v) is 9.02. The topological polar surface area (TPSA) is 56.1 Å². The van der Waals surface area contributed by atoms with E-state index in [1.807, 2.05) is 45.9 Å². The van der Waals surface area contributed by atoms with Crippen molar-refractivity contribution >= 4 is 28.5 Å². The van der Waals surface area contributed by atoms with Crippen LogP contribution in [0.4, 0.5) is 0 Å².